The van der Waals surface area contributed by atoms with Crippen LogP contribution in [0.2, 0.25) is 0 Å². The molecule has 1 fully saturated rings. The SMILES string of the molecule is CC(C)=C1OCCOC1C1C=CC(=O)O1. The van der Waals surface area contributed by atoms with Crippen LogP contribution in [0.3, 0.4) is 0 Å². The molecule has 2 aliphatic rings. The van der Waals surface area contributed by atoms with E-state index in [0.29, 0.717) is 13.2 Å². The van der Waals surface area contributed by atoms with Crippen molar-refractivity contribution in [3.05, 3.63) is 23.5 Å². The van der Waals surface area contributed by atoms with Crippen molar-refractivity contribution in [3.63, 3.8) is 0 Å². The van der Waals surface area contributed by atoms with E-state index < -0.39 is 0 Å². The van der Waals surface area contributed by atoms with Gasteiger partial charge in [0.25, 0.3) is 0 Å². The van der Waals surface area contributed by atoms with Crippen LogP contribution in [-0.2, 0) is 19.0 Å². The molecular formula is C11H14O4. The Labute approximate surface area is 88.5 Å². The molecule has 2 aliphatic heterocycles. The Morgan fingerprint density at radius 3 is 2.80 bits per heavy atom. The van der Waals surface area contributed by atoms with E-state index in [2.05, 4.69) is 0 Å². The van der Waals surface area contributed by atoms with Crippen LogP contribution >= 0.6 is 0 Å². The topological polar surface area (TPSA) is 44.8 Å². The van der Waals surface area contributed by atoms with Crippen LogP contribution < -0.4 is 0 Å². The molecule has 0 spiro atoms. The zero-order valence-corrected chi connectivity index (χ0v) is 8.86. The van der Waals surface area contributed by atoms with E-state index >= 15 is 0 Å². The summed E-state index contributed by atoms with van der Waals surface area (Å²) < 4.78 is 16.2. The molecule has 4 nitrogen and oxygen atoms in total. The predicted molar refractivity (Wildman–Crippen MR) is 53.1 cm³/mol. The zero-order chi connectivity index (χ0) is 10.8. The van der Waals surface area contributed by atoms with Crippen molar-refractivity contribution in [3.8, 4) is 0 Å². The second-order valence-electron chi connectivity index (χ2n) is 3.76. The van der Waals surface area contributed by atoms with E-state index in [1.165, 1.54) is 6.08 Å². The Morgan fingerprint density at radius 2 is 2.20 bits per heavy atom. The molecule has 2 heterocycles. The van der Waals surface area contributed by atoms with Gasteiger partial charge in [-0.1, -0.05) is 0 Å². The Balaban J connectivity index is 2.16. The van der Waals surface area contributed by atoms with Crippen molar-refractivity contribution < 1.29 is 19.0 Å². The molecule has 0 bridgehead atoms. The Hall–Kier alpha value is -1.29. The van der Waals surface area contributed by atoms with E-state index in [4.69, 9.17) is 14.2 Å². The molecule has 0 aromatic carbocycles. The summed E-state index contributed by atoms with van der Waals surface area (Å²) in [5, 5.41) is 0. The quantitative estimate of drug-likeness (QED) is 0.609. The maximum absolute atomic E-state index is 11.0. The number of carbonyl (C=O) groups excluding carboxylic acids is 1. The van der Waals surface area contributed by atoms with Gasteiger partial charge in [0, 0.05) is 6.08 Å². The molecule has 0 aliphatic carbocycles. The van der Waals surface area contributed by atoms with Crippen molar-refractivity contribution in [2.45, 2.75) is 26.1 Å². The highest BCUT2D eigenvalue weighted by Gasteiger charge is 2.34. The van der Waals surface area contributed by atoms with Crippen molar-refractivity contribution in [1.82, 2.24) is 0 Å². The average molecular weight is 210 g/mol. The molecule has 0 saturated carbocycles. The first-order chi connectivity index (χ1) is 7.18. The summed E-state index contributed by atoms with van der Waals surface area (Å²) >= 11 is 0. The van der Waals surface area contributed by atoms with Crippen molar-refractivity contribution in [1.29, 1.82) is 0 Å². The molecule has 2 rings (SSSR count). The average Bonchev–Trinajstić information content (AvgIpc) is 2.65. The van der Waals surface area contributed by atoms with Gasteiger partial charge in [-0.2, -0.15) is 0 Å². The molecule has 0 amide bonds. The van der Waals surface area contributed by atoms with Gasteiger partial charge in [0.05, 0.1) is 6.61 Å². The number of ether oxygens (including phenoxy) is 3. The number of carbonyl (C=O) groups is 1. The van der Waals surface area contributed by atoms with Crippen molar-refractivity contribution in [2.75, 3.05) is 13.2 Å². The summed E-state index contributed by atoms with van der Waals surface area (Å²) in [6.45, 7) is 5.00. The third-order valence-electron chi connectivity index (χ3n) is 2.36. The monoisotopic (exact) mass is 210 g/mol. The number of cyclic esters (lactones) is 1. The van der Waals surface area contributed by atoms with Gasteiger partial charge >= 0.3 is 5.97 Å². The summed E-state index contributed by atoms with van der Waals surface area (Å²) in [6, 6.07) is 0. The lowest BCUT2D eigenvalue weighted by Crippen LogP contribution is -2.37. The molecule has 2 atom stereocenters. The van der Waals surface area contributed by atoms with E-state index in [1.54, 1.807) is 6.08 Å². The lowest BCUT2D eigenvalue weighted by atomic mass is 10.1. The Bertz CT molecular complexity index is 325. The lowest BCUT2D eigenvalue weighted by molar-refractivity contribution is -0.148. The summed E-state index contributed by atoms with van der Waals surface area (Å²) in [6.07, 6.45) is 2.50. The molecular weight excluding hydrogens is 196 g/mol. The van der Waals surface area contributed by atoms with Crippen LogP contribution in [0.5, 0.6) is 0 Å². The standard InChI is InChI=1S/C11H14O4/c1-7(2)10-11(14-6-5-13-10)8-3-4-9(12)15-8/h3-4,8,11H,5-6H2,1-2H3. The van der Waals surface area contributed by atoms with Crippen molar-refractivity contribution in [2.24, 2.45) is 0 Å². The fraction of sp³-hybridized carbons (Fsp3) is 0.545. The lowest BCUT2D eigenvalue weighted by Gasteiger charge is -2.30. The normalized spacial score (nSPS) is 30.0. The van der Waals surface area contributed by atoms with Gasteiger partial charge < -0.3 is 14.2 Å². The fourth-order valence-electron chi connectivity index (χ4n) is 1.71. The highest BCUT2D eigenvalue weighted by molar-refractivity contribution is 5.84. The molecule has 0 N–H and O–H groups in total. The second kappa shape index (κ2) is 4.06. The van der Waals surface area contributed by atoms with Gasteiger partial charge in [-0.25, -0.2) is 4.79 Å². The van der Waals surface area contributed by atoms with Gasteiger partial charge in [0.15, 0.2) is 12.2 Å². The number of hydrogen-bond acceptors (Lipinski definition) is 4. The molecule has 4 heteroatoms. The van der Waals surface area contributed by atoms with E-state index in [9.17, 15) is 4.79 Å². The minimum atomic E-state index is -0.345. The van der Waals surface area contributed by atoms with Crippen molar-refractivity contribution >= 4 is 5.97 Å². The van der Waals surface area contributed by atoms with Crippen LogP contribution in [0.15, 0.2) is 23.5 Å². The van der Waals surface area contributed by atoms with E-state index in [0.717, 1.165) is 11.3 Å². The zero-order valence-electron chi connectivity index (χ0n) is 8.86. The van der Waals surface area contributed by atoms with Crippen LogP contribution in [0, 0.1) is 0 Å². The van der Waals surface area contributed by atoms with Gasteiger partial charge in [-0.3, -0.25) is 0 Å². The third kappa shape index (κ3) is 2.04. The molecule has 0 aromatic rings. The number of esters is 1. The maximum atomic E-state index is 11.0. The number of allylic oxidation sites excluding steroid dienone is 1. The maximum Gasteiger partial charge on any atom is 0.331 e. The van der Waals surface area contributed by atoms with Gasteiger partial charge in [-0.05, 0) is 25.5 Å². The summed E-state index contributed by atoms with van der Waals surface area (Å²) in [5.74, 6) is 0.466. The first-order valence-corrected chi connectivity index (χ1v) is 4.99. The van der Waals surface area contributed by atoms with Crippen LogP contribution in [0.4, 0.5) is 0 Å². The molecule has 0 aromatic heterocycles. The number of hydrogen-bond donors (Lipinski definition) is 0. The number of rotatable bonds is 1. The third-order valence-corrected chi connectivity index (χ3v) is 2.36. The van der Waals surface area contributed by atoms with Crippen LogP contribution in [-0.4, -0.2) is 31.4 Å². The van der Waals surface area contributed by atoms with E-state index in [-0.39, 0.29) is 18.2 Å². The van der Waals surface area contributed by atoms with Gasteiger partial charge in [0.1, 0.15) is 12.4 Å². The first kappa shape index (κ1) is 10.2. The summed E-state index contributed by atoms with van der Waals surface area (Å²) in [4.78, 5) is 11.0. The highest BCUT2D eigenvalue weighted by atomic mass is 16.6. The molecule has 82 valence electrons. The smallest absolute Gasteiger partial charge is 0.331 e. The Morgan fingerprint density at radius 1 is 1.40 bits per heavy atom. The Kier molecular flexibility index (Phi) is 2.77. The predicted octanol–water partition coefficient (Wildman–Crippen LogP) is 1.18. The summed E-state index contributed by atoms with van der Waals surface area (Å²) in [5.41, 5.74) is 1.05. The van der Waals surface area contributed by atoms with Gasteiger partial charge in [0.2, 0.25) is 0 Å². The van der Waals surface area contributed by atoms with Crippen LogP contribution in [0.25, 0.3) is 0 Å². The minimum absolute atomic E-state index is 0.286. The molecule has 0 radical (unpaired) electrons. The van der Waals surface area contributed by atoms with E-state index in [1.807, 2.05) is 13.8 Å². The van der Waals surface area contributed by atoms with Crippen LogP contribution in [0.1, 0.15) is 13.8 Å². The molecule has 15 heavy (non-hydrogen) atoms. The fourth-order valence-corrected chi connectivity index (χ4v) is 1.71. The second-order valence-corrected chi connectivity index (χ2v) is 3.76. The minimum Gasteiger partial charge on any atom is -0.493 e. The highest BCUT2D eigenvalue weighted by Crippen LogP contribution is 2.25. The first-order valence-electron chi connectivity index (χ1n) is 4.99. The molecule has 1 saturated heterocycles. The largest absolute Gasteiger partial charge is 0.493 e. The molecule has 2 unspecified atom stereocenters. The van der Waals surface area contributed by atoms with Gasteiger partial charge in [-0.15, -0.1) is 0 Å². The summed E-state index contributed by atoms with van der Waals surface area (Å²) in [7, 11) is 0.